The van der Waals surface area contributed by atoms with Crippen LogP contribution in [-0.2, 0) is 6.42 Å². The highest BCUT2D eigenvalue weighted by Crippen LogP contribution is 2.21. The van der Waals surface area contributed by atoms with E-state index in [4.69, 9.17) is 0 Å². The summed E-state index contributed by atoms with van der Waals surface area (Å²) in [6.45, 7) is 8.05. The number of aliphatic hydroxyl groups excluding tert-OH is 2. The van der Waals surface area contributed by atoms with Crippen molar-refractivity contribution in [1.29, 1.82) is 0 Å². The van der Waals surface area contributed by atoms with Crippen LogP contribution in [0.25, 0.3) is 10.9 Å². The quantitative estimate of drug-likeness (QED) is 0.545. The molecule has 0 unspecified atom stereocenters. The summed E-state index contributed by atoms with van der Waals surface area (Å²) in [5, 5.41) is 21.5. The topological polar surface area (TPSA) is 56.2 Å². The standard InChI is InChI=1S/C23H33NO2/c1-16(2)14-22(25)23(26)18(4)9-7-8-17(3)12-13-19-15-24-21-11-6-5-10-20(19)21/h5-6,10-12,14-15,18,22-26H,7-9,13H2,1-4H3/b17-12+/t18-,22+,23+/m1/s1. The maximum Gasteiger partial charge on any atom is 0.0984 e. The Labute approximate surface area is 157 Å². The molecule has 0 aliphatic carbocycles. The van der Waals surface area contributed by atoms with Crippen LogP contribution in [0.2, 0.25) is 0 Å². The Morgan fingerprint density at radius 3 is 2.62 bits per heavy atom. The average molecular weight is 356 g/mol. The fourth-order valence-corrected chi connectivity index (χ4v) is 3.34. The summed E-state index contributed by atoms with van der Waals surface area (Å²) in [4.78, 5) is 3.32. The van der Waals surface area contributed by atoms with Crippen LogP contribution in [0.15, 0.2) is 53.8 Å². The molecule has 1 aromatic carbocycles. The molecular formula is C23H33NO2. The van der Waals surface area contributed by atoms with Crippen molar-refractivity contribution in [1.82, 2.24) is 4.98 Å². The van der Waals surface area contributed by atoms with E-state index in [-0.39, 0.29) is 5.92 Å². The molecule has 0 radical (unpaired) electrons. The highest BCUT2D eigenvalue weighted by atomic mass is 16.3. The van der Waals surface area contributed by atoms with Gasteiger partial charge in [-0.3, -0.25) is 0 Å². The molecule has 1 heterocycles. The minimum Gasteiger partial charge on any atom is -0.390 e. The molecule has 0 amide bonds. The molecule has 0 aliphatic heterocycles. The van der Waals surface area contributed by atoms with Crippen molar-refractivity contribution in [2.75, 3.05) is 0 Å². The Balaban J connectivity index is 1.80. The molecule has 0 saturated heterocycles. The number of hydrogen-bond acceptors (Lipinski definition) is 2. The molecule has 1 aromatic heterocycles. The zero-order valence-electron chi connectivity index (χ0n) is 16.5. The largest absolute Gasteiger partial charge is 0.390 e. The highest BCUT2D eigenvalue weighted by molar-refractivity contribution is 5.83. The lowest BCUT2D eigenvalue weighted by Crippen LogP contribution is -2.30. The van der Waals surface area contributed by atoms with Crippen molar-refractivity contribution >= 4 is 10.9 Å². The zero-order valence-corrected chi connectivity index (χ0v) is 16.5. The number of aromatic nitrogens is 1. The van der Waals surface area contributed by atoms with Gasteiger partial charge in [-0.2, -0.15) is 0 Å². The number of nitrogens with one attached hydrogen (secondary N) is 1. The van der Waals surface area contributed by atoms with Crippen molar-refractivity contribution < 1.29 is 10.2 Å². The molecule has 0 saturated carbocycles. The van der Waals surface area contributed by atoms with Gasteiger partial charge in [-0.1, -0.05) is 48.4 Å². The van der Waals surface area contributed by atoms with Gasteiger partial charge in [0.25, 0.3) is 0 Å². The van der Waals surface area contributed by atoms with E-state index >= 15 is 0 Å². The first kappa shape index (κ1) is 20.5. The van der Waals surface area contributed by atoms with Gasteiger partial charge in [0, 0.05) is 17.1 Å². The predicted molar refractivity (Wildman–Crippen MR) is 110 cm³/mol. The van der Waals surface area contributed by atoms with E-state index in [1.165, 1.54) is 22.0 Å². The molecule has 3 N–H and O–H groups in total. The van der Waals surface area contributed by atoms with Crippen molar-refractivity contribution in [3.8, 4) is 0 Å². The van der Waals surface area contributed by atoms with Gasteiger partial charge in [0.15, 0.2) is 0 Å². The van der Waals surface area contributed by atoms with Crippen LogP contribution in [0, 0.1) is 5.92 Å². The monoisotopic (exact) mass is 355 g/mol. The van der Waals surface area contributed by atoms with Crippen LogP contribution in [-0.4, -0.2) is 27.4 Å². The minimum absolute atomic E-state index is 0.0852. The van der Waals surface area contributed by atoms with Gasteiger partial charge in [0.2, 0.25) is 0 Å². The summed E-state index contributed by atoms with van der Waals surface area (Å²) in [5.41, 5.74) is 4.92. The fraction of sp³-hybridized carbons (Fsp3) is 0.478. The molecule has 2 aromatic rings. The molecule has 3 nitrogen and oxygen atoms in total. The minimum atomic E-state index is -0.770. The number of fused-ring (bicyclic) bond motifs is 1. The summed E-state index contributed by atoms with van der Waals surface area (Å²) in [7, 11) is 0. The van der Waals surface area contributed by atoms with Crippen LogP contribution in [0.3, 0.4) is 0 Å². The Bertz CT molecular complexity index is 752. The number of allylic oxidation sites excluding steroid dienone is 3. The molecular weight excluding hydrogens is 322 g/mol. The SMILES string of the molecule is CC(C)=C[C@H](O)[C@@H](O)[C@H](C)CCC/C(C)=C/Cc1c[nH]c2ccccc12. The first-order chi connectivity index (χ1) is 12.4. The third kappa shape index (κ3) is 5.86. The van der Waals surface area contributed by atoms with Crippen molar-refractivity contribution in [2.24, 2.45) is 5.92 Å². The number of aromatic amines is 1. The maximum absolute atomic E-state index is 10.2. The van der Waals surface area contributed by atoms with Gasteiger partial charge in [-0.15, -0.1) is 0 Å². The lowest BCUT2D eigenvalue weighted by atomic mass is 9.92. The number of H-pyrrole nitrogens is 1. The van der Waals surface area contributed by atoms with Crippen molar-refractivity contribution in [3.63, 3.8) is 0 Å². The molecule has 2 rings (SSSR count). The lowest BCUT2D eigenvalue weighted by molar-refractivity contribution is 0.00978. The number of rotatable bonds is 9. The molecule has 3 heteroatoms. The lowest BCUT2D eigenvalue weighted by Gasteiger charge is -2.22. The Morgan fingerprint density at radius 1 is 1.15 bits per heavy atom. The Kier molecular flexibility index (Phi) is 7.67. The van der Waals surface area contributed by atoms with Gasteiger partial charge < -0.3 is 15.2 Å². The van der Waals surface area contributed by atoms with Crippen molar-refractivity contribution in [3.05, 3.63) is 59.3 Å². The second-order valence-corrected chi connectivity index (χ2v) is 7.71. The maximum atomic E-state index is 10.2. The van der Waals surface area contributed by atoms with Gasteiger partial charge in [-0.25, -0.2) is 0 Å². The summed E-state index contributed by atoms with van der Waals surface area (Å²) >= 11 is 0. The summed E-state index contributed by atoms with van der Waals surface area (Å²) in [5.74, 6) is 0.0852. The van der Waals surface area contributed by atoms with E-state index in [9.17, 15) is 10.2 Å². The van der Waals surface area contributed by atoms with E-state index in [1.54, 1.807) is 6.08 Å². The van der Waals surface area contributed by atoms with E-state index < -0.39 is 12.2 Å². The number of benzene rings is 1. The van der Waals surface area contributed by atoms with E-state index in [2.05, 4.69) is 42.4 Å². The predicted octanol–water partition coefficient (Wildman–Crippen LogP) is 5.15. The van der Waals surface area contributed by atoms with Crippen LogP contribution in [0.5, 0.6) is 0 Å². The average Bonchev–Trinajstić information content (AvgIpc) is 3.01. The molecule has 26 heavy (non-hydrogen) atoms. The van der Waals surface area contributed by atoms with E-state index in [1.807, 2.05) is 26.8 Å². The molecule has 0 fully saturated rings. The first-order valence-corrected chi connectivity index (χ1v) is 9.60. The van der Waals surface area contributed by atoms with Gasteiger partial charge in [0.05, 0.1) is 12.2 Å². The van der Waals surface area contributed by atoms with Crippen molar-refractivity contribution in [2.45, 2.75) is 65.6 Å². The summed E-state index contributed by atoms with van der Waals surface area (Å²) < 4.78 is 0. The van der Waals surface area contributed by atoms with Crippen LogP contribution in [0.4, 0.5) is 0 Å². The number of hydrogen-bond donors (Lipinski definition) is 3. The molecule has 0 bridgehead atoms. The second kappa shape index (κ2) is 9.75. The highest BCUT2D eigenvalue weighted by Gasteiger charge is 2.20. The van der Waals surface area contributed by atoms with Gasteiger partial charge in [0.1, 0.15) is 0 Å². The summed E-state index contributed by atoms with van der Waals surface area (Å²) in [6.07, 6.45) is 8.56. The fourth-order valence-electron chi connectivity index (χ4n) is 3.34. The molecule has 3 atom stereocenters. The Hall–Kier alpha value is -1.84. The second-order valence-electron chi connectivity index (χ2n) is 7.71. The molecule has 0 aliphatic rings. The first-order valence-electron chi connectivity index (χ1n) is 9.60. The van der Waals surface area contributed by atoms with E-state index in [0.29, 0.717) is 0 Å². The zero-order chi connectivity index (χ0) is 19.1. The Morgan fingerprint density at radius 2 is 1.88 bits per heavy atom. The summed E-state index contributed by atoms with van der Waals surface area (Å²) in [6, 6.07) is 8.39. The molecule has 142 valence electrons. The molecule has 0 spiro atoms. The number of para-hydroxylation sites is 1. The number of aliphatic hydroxyl groups is 2. The van der Waals surface area contributed by atoms with Gasteiger partial charge in [-0.05, 0) is 64.0 Å². The van der Waals surface area contributed by atoms with Crippen LogP contribution >= 0.6 is 0 Å². The normalized spacial score (nSPS) is 15.7. The third-order valence-corrected chi connectivity index (χ3v) is 5.01. The van der Waals surface area contributed by atoms with Crippen LogP contribution < -0.4 is 0 Å². The van der Waals surface area contributed by atoms with Crippen LogP contribution in [0.1, 0.15) is 52.5 Å². The third-order valence-electron chi connectivity index (χ3n) is 5.01. The van der Waals surface area contributed by atoms with E-state index in [0.717, 1.165) is 31.3 Å². The smallest absolute Gasteiger partial charge is 0.0984 e. The van der Waals surface area contributed by atoms with Gasteiger partial charge >= 0.3 is 0 Å².